The van der Waals surface area contributed by atoms with Crippen molar-refractivity contribution in [3.05, 3.63) is 53.6 Å². The number of benzene rings is 1. The average Bonchev–Trinajstić information content (AvgIpc) is 3.04. The summed E-state index contributed by atoms with van der Waals surface area (Å²) in [6.45, 7) is 3.65. The molecule has 1 atom stereocenters. The van der Waals surface area contributed by atoms with Crippen LogP contribution in [0.15, 0.2) is 36.5 Å². The van der Waals surface area contributed by atoms with Crippen LogP contribution in [0.5, 0.6) is 0 Å². The summed E-state index contributed by atoms with van der Waals surface area (Å²) < 4.78 is 54.2. The summed E-state index contributed by atoms with van der Waals surface area (Å²) in [5.74, 6) is -1.08. The third-order valence-corrected chi connectivity index (χ3v) is 4.14. The highest BCUT2D eigenvalue weighted by atomic mass is 19.4. The van der Waals surface area contributed by atoms with E-state index in [0.717, 1.165) is 24.4 Å². The molecule has 0 aliphatic heterocycles. The Labute approximate surface area is 152 Å². The minimum Gasteiger partial charge on any atom is -0.349 e. The van der Waals surface area contributed by atoms with E-state index in [1.54, 1.807) is 6.92 Å². The number of hydrogen-bond acceptors (Lipinski definition) is 3. The molecule has 0 spiro atoms. The molecule has 27 heavy (non-hydrogen) atoms. The molecule has 1 amide bonds. The van der Waals surface area contributed by atoms with Crippen molar-refractivity contribution in [2.24, 2.45) is 0 Å². The number of rotatable bonds is 4. The Balaban J connectivity index is 2.19. The molecule has 1 N–H and O–H groups in total. The van der Waals surface area contributed by atoms with Gasteiger partial charge >= 0.3 is 6.18 Å². The fourth-order valence-electron chi connectivity index (χ4n) is 2.50. The molecule has 3 rings (SSSR count). The van der Waals surface area contributed by atoms with Crippen LogP contribution in [0.2, 0.25) is 0 Å². The van der Waals surface area contributed by atoms with Crippen molar-refractivity contribution in [2.75, 3.05) is 0 Å². The molecule has 9 heteroatoms. The van der Waals surface area contributed by atoms with E-state index in [1.807, 2.05) is 6.92 Å². The fraction of sp³-hybridized carbons (Fsp3) is 0.278. The molecular formula is C18H16F4N4O. The van der Waals surface area contributed by atoms with Crippen LogP contribution in [0.1, 0.15) is 36.3 Å². The van der Waals surface area contributed by atoms with Gasteiger partial charge in [-0.05, 0) is 43.7 Å². The number of amides is 1. The molecule has 0 unspecified atom stereocenters. The number of halogens is 4. The number of nitrogens with zero attached hydrogens (tertiary/aromatic N) is 3. The molecule has 2 heterocycles. The topological polar surface area (TPSA) is 59.3 Å². The van der Waals surface area contributed by atoms with Crippen LogP contribution in [0, 0.1) is 5.82 Å². The maximum absolute atomic E-state index is 13.5. The zero-order valence-electron chi connectivity index (χ0n) is 14.5. The highest BCUT2D eigenvalue weighted by Gasteiger charge is 2.36. The predicted octanol–water partition coefficient (Wildman–Crippen LogP) is 4.08. The van der Waals surface area contributed by atoms with E-state index in [4.69, 9.17) is 0 Å². The zero-order valence-corrected chi connectivity index (χ0v) is 14.5. The van der Waals surface area contributed by atoms with Gasteiger partial charge in [-0.25, -0.2) is 13.9 Å². The van der Waals surface area contributed by atoms with E-state index in [1.165, 1.54) is 12.1 Å². The molecule has 0 saturated heterocycles. The Hall–Kier alpha value is -2.97. The van der Waals surface area contributed by atoms with E-state index in [2.05, 4.69) is 15.4 Å². The third-order valence-electron chi connectivity index (χ3n) is 4.14. The third kappa shape index (κ3) is 3.76. The summed E-state index contributed by atoms with van der Waals surface area (Å²) >= 11 is 0. The maximum Gasteiger partial charge on any atom is 0.433 e. The molecule has 5 nitrogen and oxygen atoms in total. The first kappa shape index (κ1) is 18.8. The summed E-state index contributed by atoms with van der Waals surface area (Å²) in [6, 6.07) is 5.56. The number of alkyl halides is 3. The SMILES string of the molecule is CC[C@H](C)NC(=O)c1cnn2c(C(F)(F)F)cc(-c3ccc(F)cc3)nc12. The lowest BCUT2D eigenvalue weighted by molar-refractivity contribution is -0.142. The second-order valence-corrected chi connectivity index (χ2v) is 6.11. The van der Waals surface area contributed by atoms with Gasteiger partial charge in [0.25, 0.3) is 5.91 Å². The van der Waals surface area contributed by atoms with Gasteiger partial charge in [0, 0.05) is 11.6 Å². The summed E-state index contributed by atoms with van der Waals surface area (Å²) in [7, 11) is 0. The summed E-state index contributed by atoms with van der Waals surface area (Å²) in [5, 5.41) is 6.39. The van der Waals surface area contributed by atoms with E-state index < -0.39 is 23.6 Å². The van der Waals surface area contributed by atoms with Crippen molar-refractivity contribution in [1.29, 1.82) is 0 Å². The highest BCUT2D eigenvalue weighted by Crippen LogP contribution is 2.32. The molecule has 0 bridgehead atoms. The molecule has 0 aliphatic carbocycles. The first-order valence-corrected chi connectivity index (χ1v) is 8.23. The maximum atomic E-state index is 13.5. The lowest BCUT2D eigenvalue weighted by Crippen LogP contribution is -2.32. The Bertz CT molecular complexity index is 979. The van der Waals surface area contributed by atoms with Crippen molar-refractivity contribution < 1.29 is 22.4 Å². The van der Waals surface area contributed by atoms with Crippen LogP contribution in [0.3, 0.4) is 0 Å². The van der Waals surface area contributed by atoms with Gasteiger partial charge in [-0.2, -0.15) is 18.3 Å². The molecule has 142 valence electrons. The summed E-state index contributed by atoms with van der Waals surface area (Å²) in [5.41, 5.74) is -1.10. The monoisotopic (exact) mass is 380 g/mol. The van der Waals surface area contributed by atoms with E-state index >= 15 is 0 Å². The smallest absolute Gasteiger partial charge is 0.349 e. The van der Waals surface area contributed by atoms with E-state index in [9.17, 15) is 22.4 Å². The van der Waals surface area contributed by atoms with Gasteiger partial charge in [-0.3, -0.25) is 4.79 Å². The molecule has 1 aromatic carbocycles. The van der Waals surface area contributed by atoms with Crippen LogP contribution in [-0.4, -0.2) is 26.5 Å². The lowest BCUT2D eigenvalue weighted by Gasteiger charge is -2.13. The highest BCUT2D eigenvalue weighted by molar-refractivity contribution is 6.00. The minimum absolute atomic E-state index is 0.0343. The molecule has 0 aliphatic rings. The first-order valence-electron chi connectivity index (χ1n) is 8.23. The average molecular weight is 380 g/mol. The first-order chi connectivity index (χ1) is 12.7. The molecule has 2 aromatic heterocycles. The normalized spacial score (nSPS) is 13.0. The van der Waals surface area contributed by atoms with Crippen LogP contribution in [-0.2, 0) is 6.18 Å². The summed E-state index contributed by atoms with van der Waals surface area (Å²) in [6.07, 6.45) is -3.00. The molecule has 3 aromatic rings. The number of carbonyl (C=O) groups excluding carboxylic acids is 1. The van der Waals surface area contributed by atoms with Crippen LogP contribution in [0.25, 0.3) is 16.9 Å². The zero-order chi connectivity index (χ0) is 19.8. The quantitative estimate of drug-likeness (QED) is 0.694. The van der Waals surface area contributed by atoms with Gasteiger partial charge in [0.05, 0.1) is 11.9 Å². The van der Waals surface area contributed by atoms with Crippen LogP contribution >= 0.6 is 0 Å². The molecular weight excluding hydrogens is 364 g/mol. The number of fused-ring (bicyclic) bond motifs is 1. The number of nitrogens with one attached hydrogen (secondary N) is 1. The van der Waals surface area contributed by atoms with Crippen molar-refractivity contribution in [1.82, 2.24) is 19.9 Å². The number of hydrogen-bond donors (Lipinski definition) is 1. The van der Waals surface area contributed by atoms with Crippen molar-refractivity contribution >= 4 is 11.6 Å². The van der Waals surface area contributed by atoms with Gasteiger partial charge < -0.3 is 5.32 Å². The standard InChI is InChI=1S/C18H16F4N4O/c1-3-10(2)24-17(27)13-9-23-26-15(18(20,21)22)8-14(25-16(13)26)11-4-6-12(19)7-5-11/h4-10H,3H2,1-2H3,(H,24,27)/t10-/m0/s1. The van der Waals surface area contributed by atoms with Crippen molar-refractivity contribution in [2.45, 2.75) is 32.5 Å². The van der Waals surface area contributed by atoms with Crippen molar-refractivity contribution in [3.63, 3.8) is 0 Å². The second kappa shape index (κ2) is 6.98. The van der Waals surface area contributed by atoms with Gasteiger partial charge in [-0.15, -0.1) is 0 Å². The van der Waals surface area contributed by atoms with Gasteiger partial charge in [0.2, 0.25) is 0 Å². The van der Waals surface area contributed by atoms with E-state index in [-0.39, 0.29) is 22.9 Å². The fourth-order valence-corrected chi connectivity index (χ4v) is 2.50. The molecule has 0 saturated carbocycles. The predicted molar refractivity (Wildman–Crippen MR) is 90.6 cm³/mol. The second-order valence-electron chi connectivity index (χ2n) is 6.11. The largest absolute Gasteiger partial charge is 0.433 e. The Kier molecular flexibility index (Phi) is 4.86. The number of carbonyl (C=O) groups is 1. The van der Waals surface area contributed by atoms with E-state index in [0.29, 0.717) is 16.5 Å². The van der Waals surface area contributed by atoms with Gasteiger partial charge in [0.1, 0.15) is 11.4 Å². The molecule has 0 fully saturated rings. The lowest BCUT2D eigenvalue weighted by atomic mass is 10.1. The number of aromatic nitrogens is 3. The minimum atomic E-state index is -4.72. The molecule has 0 radical (unpaired) electrons. The Morgan fingerprint density at radius 1 is 1.26 bits per heavy atom. The Morgan fingerprint density at radius 2 is 1.93 bits per heavy atom. The van der Waals surface area contributed by atoms with Gasteiger partial charge in [0.15, 0.2) is 11.3 Å². The van der Waals surface area contributed by atoms with Crippen LogP contribution in [0.4, 0.5) is 17.6 Å². The van der Waals surface area contributed by atoms with Crippen molar-refractivity contribution in [3.8, 4) is 11.3 Å². The summed E-state index contributed by atoms with van der Waals surface area (Å²) in [4.78, 5) is 16.6. The van der Waals surface area contributed by atoms with Gasteiger partial charge in [-0.1, -0.05) is 6.92 Å². The van der Waals surface area contributed by atoms with Crippen LogP contribution < -0.4 is 5.32 Å². The Morgan fingerprint density at radius 3 is 2.52 bits per heavy atom.